The van der Waals surface area contributed by atoms with Crippen molar-refractivity contribution in [1.29, 1.82) is 0 Å². The number of benzene rings is 1. The summed E-state index contributed by atoms with van der Waals surface area (Å²) in [5, 5.41) is 10.2. The second-order valence-electron chi connectivity index (χ2n) is 5.15. The van der Waals surface area contributed by atoms with Gasteiger partial charge in [-0.15, -0.1) is 0 Å². The minimum atomic E-state index is 0.283. The van der Waals surface area contributed by atoms with Gasteiger partial charge in [0.1, 0.15) is 0 Å². The van der Waals surface area contributed by atoms with Gasteiger partial charge in [0.15, 0.2) is 11.5 Å². The molecule has 1 fully saturated rings. The highest BCUT2D eigenvalue weighted by atomic mass is 16.5. The molecule has 0 aliphatic carbocycles. The van der Waals surface area contributed by atoms with E-state index in [1.54, 1.807) is 0 Å². The fourth-order valence-electron chi connectivity index (χ4n) is 2.59. The van der Waals surface area contributed by atoms with E-state index in [4.69, 9.17) is 10.5 Å². The monoisotopic (exact) mass is 264 g/mol. The van der Waals surface area contributed by atoms with E-state index in [9.17, 15) is 5.11 Å². The first-order valence-corrected chi connectivity index (χ1v) is 7.10. The fourth-order valence-corrected chi connectivity index (χ4v) is 2.59. The molecule has 19 heavy (non-hydrogen) atoms. The number of phenols is 1. The predicted molar refractivity (Wildman–Crippen MR) is 76.3 cm³/mol. The van der Waals surface area contributed by atoms with Crippen LogP contribution in [0.25, 0.3) is 0 Å². The van der Waals surface area contributed by atoms with Crippen LogP contribution in [0, 0.1) is 5.92 Å². The van der Waals surface area contributed by atoms with Gasteiger partial charge < -0.3 is 15.6 Å². The van der Waals surface area contributed by atoms with Gasteiger partial charge in [0, 0.05) is 12.1 Å². The zero-order chi connectivity index (χ0) is 13.7. The number of phenolic OH excluding ortho intramolecular Hbond substituents is 1. The third kappa shape index (κ3) is 3.61. The minimum absolute atomic E-state index is 0.283. The Morgan fingerprint density at radius 2 is 2.11 bits per heavy atom. The lowest BCUT2D eigenvalue weighted by Crippen LogP contribution is -2.35. The molecule has 0 radical (unpaired) electrons. The average Bonchev–Trinajstić information content (AvgIpc) is 2.44. The van der Waals surface area contributed by atoms with E-state index < -0.39 is 0 Å². The number of nitrogens with two attached hydrogens (primary N) is 1. The average molecular weight is 264 g/mol. The predicted octanol–water partition coefficient (Wildman–Crippen LogP) is 1.96. The van der Waals surface area contributed by atoms with Crippen LogP contribution in [0.15, 0.2) is 18.2 Å². The standard InChI is InChI=1S/C15H24N2O2/c1-2-19-14-5-3-4-13(15(14)18)11-17-8-6-12(10-16)7-9-17/h3-5,12,18H,2,6-11,16H2,1H3. The molecule has 0 unspecified atom stereocenters. The molecule has 1 aliphatic rings. The lowest BCUT2D eigenvalue weighted by Gasteiger charge is -2.31. The Morgan fingerprint density at radius 1 is 1.37 bits per heavy atom. The lowest BCUT2D eigenvalue weighted by molar-refractivity contribution is 0.178. The second kappa shape index (κ2) is 6.78. The summed E-state index contributed by atoms with van der Waals surface area (Å²) in [6, 6.07) is 5.71. The van der Waals surface area contributed by atoms with Crippen LogP contribution in [0.5, 0.6) is 11.5 Å². The number of rotatable bonds is 5. The van der Waals surface area contributed by atoms with Crippen molar-refractivity contribution in [1.82, 2.24) is 4.90 Å². The number of piperidine rings is 1. The van der Waals surface area contributed by atoms with Crippen LogP contribution in [-0.2, 0) is 6.54 Å². The van der Waals surface area contributed by atoms with Crippen molar-refractivity contribution in [3.05, 3.63) is 23.8 Å². The normalized spacial score (nSPS) is 17.6. The molecule has 1 saturated heterocycles. The van der Waals surface area contributed by atoms with Crippen LogP contribution in [0.4, 0.5) is 0 Å². The zero-order valence-corrected chi connectivity index (χ0v) is 11.6. The van der Waals surface area contributed by atoms with Crippen LogP contribution < -0.4 is 10.5 Å². The summed E-state index contributed by atoms with van der Waals surface area (Å²) in [5.41, 5.74) is 6.65. The fraction of sp³-hybridized carbons (Fsp3) is 0.600. The molecule has 0 spiro atoms. The van der Waals surface area contributed by atoms with Crippen molar-refractivity contribution in [3.8, 4) is 11.5 Å². The molecule has 1 aromatic rings. The first kappa shape index (κ1) is 14.2. The van der Waals surface area contributed by atoms with Crippen LogP contribution >= 0.6 is 0 Å². The van der Waals surface area contributed by atoms with E-state index in [0.29, 0.717) is 18.3 Å². The maximum absolute atomic E-state index is 10.2. The molecule has 2 rings (SSSR count). The Balaban J connectivity index is 1.98. The Morgan fingerprint density at radius 3 is 2.74 bits per heavy atom. The van der Waals surface area contributed by atoms with Crippen LogP contribution in [0.2, 0.25) is 0 Å². The number of likely N-dealkylation sites (tertiary alicyclic amines) is 1. The molecule has 0 atom stereocenters. The SMILES string of the molecule is CCOc1cccc(CN2CCC(CN)CC2)c1O. The maximum Gasteiger partial charge on any atom is 0.162 e. The molecule has 4 nitrogen and oxygen atoms in total. The summed E-state index contributed by atoms with van der Waals surface area (Å²) in [4.78, 5) is 2.37. The first-order valence-electron chi connectivity index (χ1n) is 7.10. The third-order valence-corrected chi connectivity index (χ3v) is 3.82. The summed E-state index contributed by atoms with van der Waals surface area (Å²) in [6.07, 6.45) is 2.31. The van der Waals surface area contributed by atoms with Crippen LogP contribution in [-0.4, -0.2) is 36.2 Å². The molecule has 106 valence electrons. The Labute approximate surface area is 115 Å². The van der Waals surface area contributed by atoms with Crippen molar-refractivity contribution in [3.63, 3.8) is 0 Å². The molecule has 1 heterocycles. The Hall–Kier alpha value is -1.26. The maximum atomic E-state index is 10.2. The van der Waals surface area contributed by atoms with Gasteiger partial charge in [-0.25, -0.2) is 0 Å². The number of para-hydroxylation sites is 1. The summed E-state index contributed by atoms with van der Waals surface area (Å²) in [6.45, 7) is 6.17. The number of hydrogen-bond donors (Lipinski definition) is 2. The lowest BCUT2D eigenvalue weighted by atomic mass is 9.97. The van der Waals surface area contributed by atoms with E-state index in [1.165, 1.54) is 0 Å². The molecule has 3 N–H and O–H groups in total. The summed E-state index contributed by atoms with van der Waals surface area (Å²) in [7, 11) is 0. The van der Waals surface area contributed by atoms with Gasteiger partial charge in [0.2, 0.25) is 0 Å². The number of nitrogens with zero attached hydrogens (tertiary/aromatic N) is 1. The highest BCUT2D eigenvalue weighted by Crippen LogP contribution is 2.31. The van der Waals surface area contributed by atoms with Gasteiger partial charge in [0.25, 0.3) is 0 Å². The smallest absolute Gasteiger partial charge is 0.162 e. The molecule has 1 aromatic carbocycles. The largest absolute Gasteiger partial charge is 0.504 e. The topological polar surface area (TPSA) is 58.7 Å². The molecule has 1 aliphatic heterocycles. The summed E-state index contributed by atoms with van der Waals surface area (Å²) >= 11 is 0. The van der Waals surface area contributed by atoms with E-state index in [1.807, 2.05) is 25.1 Å². The molecule has 0 aromatic heterocycles. The van der Waals surface area contributed by atoms with Crippen molar-refractivity contribution >= 4 is 0 Å². The Bertz CT molecular complexity index is 401. The van der Waals surface area contributed by atoms with Gasteiger partial charge in [-0.1, -0.05) is 12.1 Å². The van der Waals surface area contributed by atoms with Gasteiger partial charge in [0.05, 0.1) is 6.61 Å². The highest BCUT2D eigenvalue weighted by Gasteiger charge is 2.19. The third-order valence-electron chi connectivity index (χ3n) is 3.82. The van der Waals surface area contributed by atoms with Gasteiger partial charge >= 0.3 is 0 Å². The molecular formula is C15H24N2O2. The number of hydrogen-bond acceptors (Lipinski definition) is 4. The van der Waals surface area contributed by atoms with Gasteiger partial charge in [-0.3, -0.25) is 4.90 Å². The molecule has 0 bridgehead atoms. The van der Waals surface area contributed by atoms with Crippen LogP contribution in [0.3, 0.4) is 0 Å². The summed E-state index contributed by atoms with van der Waals surface area (Å²) in [5.74, 6) is 1.53. The van der Waals surface area contributed by atoms with E-state index in [0.717, 1.165) is 44.6 Å². The van der Waals surface area contributed by atoms with Gasteiger partial charge in [-0.05, 0) is 51.4 Å². The second-order valence-corrected chi connectivity index (χ2v) is 5.15. The molecule has 0 amide bonds. The minimum Gasteiger partial charge on any atom is -0.504 e. The van der Waals surface area contributed by atoms with E-state index >= 15 is 0 Å². The van der Waals surface area contributed by atoms with Crippen molar-refractivity contribution in [2.45, 2.75) is 26.3 Å². The quantitative estimate of drug-likeness (QED) is 0.853. The highest BCUT2D eigenvalue weighted by molar-refractivity contribution is 5.45. The summed E-state index contributed by atoms with van der Waals surface area (Å²) < 4.78 is 5.42. The molecule has 0 saturated carbocycles. The molecular weight excluding hydrogens is 240 g/mol. The van der Waals surface area contributed by atoms with E-state index in [-0.39, 0.29) is 5.75 Å². The van der Waals surface area contributed by atoms with E-state index in [2.05, 4.69) is 4.90 Å². The van der Waals surface area contributed by atoms with Crippen molar-refractivity contribution in [2.75, 3.05) is 26.2 Å². The first-order chi connectivity index (χ1) is 9.24. The zero-order valence-electron chi connectivity index (χ0n) is 11.6. The molecule has 4 heteroatoms. The number of aromatic hydroxyl groups is 1. The van der Waals surface area contributed by atoms with Gasteiger partial charge in [-0.2, -0.15) is 0 Å². The van der Waals surface area contributed by atoms with Crippen LogP contribution in [0.1, 0.15) is 25.3 Å². The Kier molecular flexibility index (Phi) is 5.05. The van der Waals surface area contributed by atoms with Crippen molar-refractivity contribution < 1.29 is 9.84 Å². The number of ether oxygens (including phenoxy) is 1. The van der Waals surface area contributed by atoms with Crippen molar-refractivity contribution in [2.24, 2.45) is 11.7 Å².